The van der Waals surface area contributed by atoms with Gasteiger partial charge in [-0.25, -0.2) is 9.97 Å². The van der Waals surface area contributed by atoms with E-state index in [0.717, 1.165) is 24.6 Å². The Bertz CT molecular complexity index is 447. The molecule has 0 aromatic carbocycles. The SMILES string of the molecule is CCNc1ncnc(NC2CCCC(C)(C)C2)c1OC. The molecule has 0 bridgehead atoms. The number of anilines is 2. The molecular weight excluding hydrogens is 252 g/mol. The minimum Gasteiger partial charge on any atom is -0.490 e. The minimum absolute atomic E-state index is 0.403. The van der Waals surface area contributed by atoms with Gasteiger partial charge in [-0.1, -0.05) is 20.3 Å². The monoisotopic (exact) mass is 278 g/mol. The molecule has 1 aromatic heterocycles. The average Bonchev–Trinajstić information content (AvgIpc) is 2.38. The highest BCUT2D eigenvalue weighted by Gasteiger charge is 2.28. The van der Waals surface area contributed by atoms with Crippen LogP contribution < -0.4 is 15.4 Å². The molecule has 112 valence electrons. The van der Waals surface area contributed by atoms with E-state index in [1.54, 1.807) is 13.4 Å². The number of nitrogens with one attached hydrogen (secondary N) is 2. The molecule has 1 unspecified atom stereocenters. The third-order valence-electron chi connectivity index (χ3n) is 3.90. The van der Waals surface area contributed by atoms with Gasteiger partial charge in [0, 0.05) is 12.6 Å². The number of nitrogens with zero attached hydrogens (tertiary/aromatic N) is 2. The van der Waals surface area contributed by atoms with E-state index in [1.165, 1.54) is 19.3 Å². The van der Waals surface area contributed by atoms with Crippen LogP contribution in [0.3, 0.4) is 0 Å². The number of rotatable bonds is 5. The summed E-state index contributed by atoms with van der Waals surface area (Å²) < 4.78 is 5.47. The number of hydrogen-bond donors (Lipinski definition) is 2. The molecule has 0 amide bonds. The van der Waals surface area contributed by atoms with Crippen molar-refractivity contribution in [1.82, 2.24) is 9.97 Å². The molecule has 0 spiro atoms. The first-order chi connectivity index (χ1) is 9.55. The molecular formula is C15H26N4O. The third-order valence-corrected chi connectivity index (χ3v) is 3.90. The molecule has 1 fully saturated rings. The van der Waals surface area contributed by atoms with Crippen LogP contribution in [0.5, 0.6) is 5.75 Å². The average molecular weight is 278 g/mol. The van der Waals surface area contributed by atoms with Crippen LogP contribution in [0.1, 0.15) is 46.5 Å². The van der Waals surface area contributed by atoms with E-state index in [0.29, 0.717) is 17.2 Å². The topological polar surface area (TPSA) is 59.1 Å². The maximum atomic E-state index is 5.47. The van der Waals surface area contributed by atoms with Crippen LogP contribution in [0.15, 0.2) is 6.33 Å². The molecule has 0 radical (unpaired) electrons. The Morgan fingerprint density at radius 1 is 1.35 bits per heavy atom. The van der Waals surface area contributed by atoms with E-state index in [4.69, 9.17) is 4.74 Å². The van der Waals surface area contributed by atoms with E-state index in [-0.39, 0.29) is 0 Å². The Balaban J connectivity index is 2.14. The van der Waals surface area contributed by atoms with Crippen molar-refractivity contribution in [1.29, 1.82) is 0 Å². The Kier molecular flexibility index (Phi) is 4.68. The van der Waals surface area contributed by atoms with Crippen LogP contribution in [-0.2, 0) is 0 Å². The zero-order valence-electron chi connectivity index (χ0n) is 13.0. The van der Waals surface area contributed by atoms with E-state index in [9.17, 15) is 0 Å². The van der Waals surface area contributed by atoms with Gasteiger partial charge in [0.2, 0.25) is 5.75 Å². The lowest BCUT2D eigenvalue weighted by Crippen LogP contribution is -2.32. The van der Waals surface area contributed by atoms with Gasteiger partial charge in [0.1, 0.15) is 6.33 Å². The number of aromatic nitrogens is 2. The van der Waals surface area contributed by atoms with Gasteiger partial charge in [0.15, 0.2) is 11.6 Å². The smallest absolute Gasteiger partial charge is 0.204 e. The van der Waals surface area contributed by atoms with Crippen molar-refractivity contribution in [3.8, 4) is 5.75 Å². The molecule has 20 heavy (non-hydrogen) atoms. The molecule has 5 heteroatoms. The van der Waals surface area contributed by atoms with Crippen molar-refractivity contribution in [2.24, 2.45) is 5.41 Å². The molecule has 1 aromatic rings. The summed E-state index contributed by atoms with van der Waals surface area (Å²) in [5.74, 6) is 2.25. The lowest BCUT2D eigenvalue weighted by molar-refractivity contribution is 0.229. The first-order valence-corrected chi connectivity index (χ1v) is 7.45. The van der Waals surface area contributed by atoms with Crippen LogP contribution in [0.25, 0.3) is 0 Å². The predicted octanol–water partition coefficient (Wildman–Crippen LogP) is 3.30. The van der Waals surface area contributed by atoms with Gasteiger partial charge >= 0.3 is 0 Å². The molecule has 2 N–H and O–H groups in total. The highest BCUT2D eigenvalue weighted by molar-refractivity contribution is 5.63. The van der Waals surface area contributed by atoms with Crippen molar-refractivity contribution in [3.63, 3.8) is 0 Å². The molecule has 1 saturated carbocycles. The van der Waals surface area contributed by atoms with Crippen LogP contribution in [0.2, 0.25) is 0 Å². The summed E-state index contributed by atoms with van der Waals surface area (Å²) in [5.41, 5.74) is 0.403. The Hall–Kier alpha value is -1.52. The largest absolute Gasteiger partial charge is 0.490 e. The van der Waals surface area contributed by atoms with Gasteiger partial charge in [0.05, 0.1) is 7.11 Å². The van der Waals surface area contributed by atoms with E-state index < -0.39 is 0 Å². The highest BCUT2D eigenvalue weighted by atomic mass is 16.5. The van der Waals surface area contributed by atoms with E-state index in [1.807, 2.05) is 6.92 Å². The second-order valence-corrected chi connectivity index (χ2v) is 6.24. The predicted molar refractivity (Wildman–Crippen MR) is 82.4 cm³/mol. The van der Waals surface area contributed by atoms with Crippen LogP contribution >= 0.6 is 0 Å². The zero-order valence-corrected chi connectivity index (χ0v) is 13.0. The summed E-state index contributed by atoms with van der Waals surface area (Å²) in [5, 5.41) is 6.74. The Labute approximate surface area is 121 Å². The second-order valence-electron chi connectivity index (χ2n) is 6.24. The van der Waals surface area contributed by atoms with Gasteiger partial charge in [0.25, 0.3) is 0 Å². The van der Waals surface area contributed by atoms with E-state index in [2.05, 4.69) is 34.4 Å². The number of hydrogen-bond acceptors (Lipinski definition) is 5. The second kappa shape index (κ2) is 6.29. The van der Waals surface area contributed by atoms with Crippen molar-refractivity contribution < 1.29 is 4.74 Å². The highest BCUT2D eigenvalue weighted by Crippen LogP contribution is 2.38. The maximum absolute atomic E-state index is 5.47. The van der Waals surface area contributed by atoms with Gasteiger partial charge in [-0.3, -0.25) is 0 Å². The summed E-state index contributed by atoms with van der Waals surface area (Å²) in [6.45, 7) is 7.52. The summed E-state index contributed by atoms with van der Waals surface area (Å²) in [6, 6.07) is 0.456. The molecule has 1 aliphatic rings. The van der Waals surface area contributed by atoms with Crippen molar-refractivity contribution in [2.75, 3.05) is 24.3 Å². The zero-order chi connectivity index (χ0) is 14.6. The van der Waals surface area contributed by atoms with Crippen LogP contribution in [0, 0.1) is 5.41 Å². The van der Waals surface area contributed by atoms with Crippen molar-refractivity contribution in [3.05, 3.63) is 6.33 Å². The Morgan fingerprint density at radius 3 is 2.75 bits per heavy atom. The summed E-state index contributed by atoms with van der Waals surface area (Å²) >= 11 is 0. The quantitative estimate of drug-likeness (QED) is 0.865. The molecule has 1 atom stereocenters. The summed E-state index contributed by atoms with van der Waals surface area (Å²) in [4.78, 5) is 8.58. The minimum atomic E-state index is 0.403. The molecule has 5 nitrogen and oxygen atoms in total. The van der Waals surface area contributed by atoms with Gasteiger partial charge in [-0.2, -0.15) is 0 Å². The molecule has 1 aliphatic carbocycles. The molecule has 2 rings (SSSR count). The Morgan fingerprint density at radius 2 is 2.10 bits per heavy atom. The standard InChI is InChI=1S/C15H26N4O/c1-5-16-13-12(20-4)14(18-10-17-13)19-11-7-6-8-15(2,3)9-11/h10-11H,5-9H2,1-4H3,(H2,16,17,18,19). The first-order valence-electron chi connectivity index (χ1n) is 7.45. The maximum Gasteiger partial charge on any atom is 0.204 e. The van der Waals surface area contributed by atoms with Gasteiger partial charge < -0.3 is 15.4 Å². The van der Waals surface area contributed by atoms with Gasteiger partial charge in [-0.05, 0) is 31.6 Å². The summed E-state index contributed by atoms with van der Waals surface area (Å²) in [6.07, 6.45) is 6.49. The summed E-state index contributed by atoms with van der Waals surface area (Å²) in [7, 11) is 1.66. The lowest BCUT2D eigenvalue weighted by Gasteiger charge is -2.36. The fraction of sp³-hybridized carbons (Fsp3) is 0.733. The molecule has 0 saturated heterocycles. The first kappa shape index (κ1) is 14.9. The molecule has 1 heterocycles. The normalized spacial score (nSPS) is 21.3. The molecule has 0 aliphatic heterocycles. The van der Waals surface area contributed by atoms with Gasteiger partial charge in [-0.15, -0.1) is 0 Å². The number of ether oxygens (including phenoxy) is 1. The van der Waals surface area contributed by atoms with Crippen LogP contribution in [0.4, 0.5) is 11.6 Å². The fourth-order valence-corrected chi connectivity index (χ4v) is 2.98. The lowest BCUT2D eigenvalue weighted by atomic mass is 9.75. The van der Waals surface area contributed by atoms with Crippen molar-refractivity contribution >= 4 is 11.6 Å². The van der Waals surface area contributed by atoms with Crippen LogP contribution in [-0.4, -0.2) is 29.7 Å². The fourth-order valence-electron chi connectivity index (χ4n) is 2.98. The van der Waals surface area contributed by atoms with Crippen molar-refractivity contribution in [2.45, 2.75) is 52.5 Å². The van der Waals surface area contributed by atoms with E-state index >= 15 is 0 Å². The number of methoxy groups -OCH3 is 1. The third kappa shape index (κ3) is 3.52.